The number of aromatic nitrogens is 4. The summed E-state index contributed by atoms with van der Waals surface area (Å²) < 4.78 is 19.8. The van der Waals surface area contributed by atoms with E-state index in [0.717, 1.165) is 22.5 Å². The fourth-order valence-corrected chi connectivity index (χ4v) is 2.97. The minimum atomic E-state index is -1.36. The van der Waals surface area contributed by atoms with Crippen LogP contribution in [-0.2, 0) is 0 Å². The molecule has 0 bridgehead atoms. The van der Waals surface area contributed by atoms with Crippen LogP contribution < -0.4 is 15.8 Å². The summed E-state index contributed by atoms with van der Waals surface area (Å²) >= 11 is 0. The normalized spacial score (nSPS) is 12.1. The molecule has 28 heavy (non-hydrogen) atoms. The second-order valence-corrected chi connectivity index (χ2v) is 6.27. The Kier molecular flexibility index (Phi) is 4.52. The van der Waals surface area contributed by atoms with Crippen LogP contribution >= 0.6 is 0 Å². The highest BCUT2D eigenvalue weighted by atomic mass is 19.1. The van der Waals surface area contributed by atoms with Crippen LogP contribution in [0.1, 0.15) is 12.7 Å². The zero-order valence-electron chi connectivity index (χ0n) is 15.4. The molecule has 0 aliphatic rings. The van der Waals surface area contributed by atoms with E-state index in [1.54, 1.807) is 30.3 Å². The number of nitrogen functional groups attached to an aromatic ring is 1. The lowest BCUT2D eigenvalue weighted by molar-refractivity contribution is 0.0861. The number of imidazole rings is 1. The fourth-order valence-electron chi connectivity index (χ4n) is 2.97. The first-order valence-electron chi connectivity index (χ1n) is 8.76. The van der Waals surface area contributed by atoms with Crippen LogP contribution in [-0.4, -0.2) is 25.9 Å². The Morgan fingerprint density at radius 2 is 1.82 bits per heavy atom. The van der Waals surface area contributed by atoms with Crippen LogP contribution in [0.15, 0.2) is 54.6 Å². The molecule has 0 aliphatic heterocycles. The van der Waals surface area contributed by atoms with Gasteiger partial charge in [-0.15, -0.1) is 0 Å². The summed E-state index contributed by atoms with van der Waals surface area (Å²) in [5.41, 5.74) is 8.53. The third-order valence-electron chi connectivity index (χ3n) is 4.09. The number of nitrogens with zero attached hydrogens (tertiary/aromatic N) is 4. The van der Waals surface area contributed by atoms with E-state index in [4.69, 9.17) is 10.5 Å². The number of rotatable bonds is 5. The number of aryl methyl sites for hydroxylation is 1. The third-order valence-corrected chi connectivity index (χ3v) is 4.09. The Balaban J connectivity index is 1.67. The predicted molar refractivity (Wildman–Crippen MR) is 107 cm³/mol. The van der Waals surface area contributed by atoms with Crippen molar-refractivity contribution in [2.75, 3.05) is 11.1 Å². The Bertz CT molecular complexity index is 1120. The summed E-state index contributed by atoms with van der Waals surface area (Å²) in [6, 6.07) is 16.3. The molecule has 0 radical (unpaired) electrons. The molecule has 0 fully saturated rings. The summed E-state index contributed by atoms with van der Waals surface area (Å²) in [5.74, 6) is 2.51. The van der Waals surface area contributed by atoms with Crippen LogP contribution in [0.2, 0.25) is 0 Å². The number of nitrogens with one attached hydrogen (secondary N) is 1. The number of benzene rings is 2. The molecule has 4 aromatic rings. The minimum Gasteiger partial charge on any atom is -0.461 e. The molecule has 8 heteroatoms. The summed E-state index contributed by atoms with van der Waals surface area (Å²) in [6.45, 7) is 3.23. The molecule has 2 aromatic carbocycles. The van der Waals surface area contributed by atoms with E-state index in [0.29, 0.717) is 23.3 Å². The van der Waals surface area contributed by atoms with Crippen molar-refractivity contribution < 1.29 is 9.13 Å². The van der Waals surface area contributed by atoms with Gasteiger partial charge in [0.15, 0.2) is 0 Å². The zero-order valence-corrected chi connectivity index (χ0v) is 15.4. The Morgan fingerprint density at radius 1 is 1.07 bits per heavy atom. The highest BCUT2D eigenvalue weighted by Crippen LogP contribution is 2.24. The van der Waals surface area contributed by atoms with Crippen LogP contribution in [0.3, 0.4) is 0 Å². The van der Waals surface area contributed by atoms with E-state index in [9.17, 15) is 4.39 Å². The largest absolute Gasteiger partial charge is 0.461 e. The number of alkyl halides is 1. The standard InChI is InChI=1S/C20H19FN6O/c1-12(21)28-15-9-7-14(8-10-15)24-19-11-18(22)25-20(26-19)27-13(2)23-16-5-3-4-6-17(16)27/h3-12H,1-2H3,(H3,22,24,25,26). The Morgan fingerprint density at radius 3 is 2.57 bits per heavy atom. The average Bonchev–Trinajstić information content (AvgIpc) is 2.98. The monoisotopic (exact) mass is 378 g/mol. The first kappa shape index (κ1) is 17.7. The lowest BCUT2D eigenvalue weighted by Crippen LogP contribution is -2.08. The number of nitrogens with two attached hydrogens (primary N) is 1. The van der Waals surface area contributed by atoms with Crippen molar-refractivity contribution in [2.45, 2.75) is 20.2 Å². The summed E-state index contributed by atoms with van der Waals surface area (Å²) in [7, 11) is 0. The van der Waals surface area contributed by atoms with Gasteiger partial charge >= 0.3 is 0 Å². The number of hydrogen-bond donors (Lipinski definition) is 2. The molecule has 0 saturated heterocycles. The Labute approximate surface area is 161 Å². The van der Waals surface area contributed by atoms with Crippen molar-refractivity contribution in [1.29, 1.82) is 0 Å². The molecule has 0 saturated carbocycles. The summed E-state index contributed by atoms with van der Waals surface area (Å²) in [6.07, 6.45) is -1.36. The Hall–Kier alpha value is -3.68. The fraction of sp³-hybridized carbons (Fsp3) is 0.150. The molecule has 1 atom stereocenters. The van der Waals surface area contributed by atoms with E-state index >= 15 is 0 Å². The minimum absolute atomic E-state index is 0.330. The molecule has 2 aromatic heterocycles. The van der Waals surface area contributed by atoms with Crippen LogP contribution in [0, 0.1) is 6.92 Å². The maximum Gasteiger partial charge on any atom is 0.239 e. The van der Waals surface area contributed by atoms with Gasteiger partial charge in [-0.25, -0.2) is 9.37 Å². The molecule has 142 valence electrons. The second kappa shape index (κ2) is 7.15. The highest BCUT2D eigenvalue weighted by Gasteiger charge is 2.13. The first-order chi connectivity index (χ1) is 13.5. The van der Waals surface area contributed by atoms with Gasteiger partial charge < -0.3 is 15.8 Å². The maximum absolute atomic E-state index is 12.9. The van der Waals surface area contributed by atoms with Crippen molar-refractivity contribution >= 4 is 28.4 Å². The van der Waals surface area contributed by atoms with Gasteiger partial charge in [0.05, 0.1) is 11.0 Å². The highest BCUT2D eigenvalue weighted by molar-refractivity contribution is 5.77. The van der Waals surface area contributed by atoms with Gasteiger partial charge in [-0.1, -0.05) is 12.1 Å². The number of hydrogen-bond acceptors (Lipinski definition) is 6. The molecule has 4 rings (SSSR count). The SMILES string of the molecule is Cc1nc2ccccc2n1-c1nc(N)cc(Nc2ccc(OC(C)F)cc2)n1. The summed E-state index contributed by atoms with van der Waals surface area (Å²) in [5, 5.41) is 3.18. The topological polar surface area (TPSA) is 90.9 Å². The van der Waals surface area contributed by atoms with Crippen molar-refractivity contribution in [3.05, 3.63) is 60.4 Å². The molecule has 0 spiro atoms. The van der Waals surface area contributed by atoms with Gasteiger partial charge in [-0.3, -0.25) is 4.57 Å². The molecule has 0 amide bonds. The van der Waals surface area contributed by atoms with Gasteiger partial charge in [0.1, 0.15) is 23.2 Å². The maximum atomic E-state index is 12.9. The number of halogens is 1. The van der Waals surface area contributed by atoms with Gasteiger partial charge in [0.2, 0.25) is 12.3 Å². The number of fused-ring (bicyclic) bond motifs is 1. The zero-order chi connectivity index (χ0) is 19.7. The molecular formula is C20H19FN6O. The second-order valence-electron chi connectivity index (χ2n) is 6.27. The lowest BCUT2D eigenvalue weighted by Gasteiger charge is -2.11. The molecular weight excluding hydrogens is 359 g/mol. The number of para-hydroxylation sites is 2. The molecule has 1 unspecified atom stereocenters. The molecule has 3 N–H and O–H groups in total. The van der Waals surface area contributed by atoms with Crippen LogP contribution in [0.4, 0.5) is 21.7 Å². The van der Waals surface area contributed by atoms with E-state index in [2.05, 4.69) is 20.3 Å². The van der Waals surface area contributed by atoms with Crippen molar-refractivity contribution in [3.8, 4) is 11.7 Å². The predicted octanol–water partition coefficient (Wildman–Crippen LogP) is 4.14. The van der Waals surface area contributed by atoms with Gasteiger partial charge in [0, 0.05) is 18.7 Å². The van der Waals surface area contributed by atoms with Crippen molar-refractivity contribution in [2.24, 2.45) is 0 Å². The van der Waals surface area contributed by atoms with Crippen LogP contribution in [0.5, 0.6) is 5.75 Å². The van der Waals surface area contributed by atoms with Gasteiger partial charge in [0.25, 0.3) is 0 Å². The lowest BCUT2D eigenvalue weighted by atomic mass is 10.3. The van der Waals surface area contributed by atoms with E-state index < -0.39 is 6.36 Å². The smallest absolute Gasteiger partial charge is 0.239 e. The quantitative estimate of drug-likeness (QED) is 0.542. The molecule has 0 aliphatic carbocycles. The first-order valence-corrected chi connectivity index (χ1v) is 8.76. The van der Waals surface area contributed by atoms with E-state index in [-0.39, 0.29) is 0 Å². The van der Waals surface area contributed by atoms with Crippen LogP contribution in [0.25, 0.3) is 17.0 Å². The van der Waals surface area contributed by atoms with Crippen molar-refractivity contribution in [1.82, 2.24) is 19.5 Å². The summed E-state index contributed by atoms with van der Waals surface area (Å²) in [4.78, 5) is 13.5. The molecule has 7 nitrogen and oxygen atoms in total. The van der Waals surface area contributed by atoms with Gasteiger partial charge in [-0.2, -0.15) is 9.97 Å². The van der Waals surface area contributed by atoms with E-state index in [1.807, 2.05) is 35.8 Å². The van der Waals surface area contributed by atoms with Gasteiger partial charge in [-0.05, 0) is 43.3 Å². The van der Waals surface area contributed by atoms with Crippen molar-refractivity contribution in [3.63, 3.8) is 0 Å². The molecule has 2 heterocycles. The third kappa shape index (κ3) is 3.57. The van der Waals surface area contributed by atoms with E-state index in [1.165, 1.54) is 6.92 Å². The average molecular weight is 378 g/mol. The number of anilines is 3. The number of ether oxygens (including phenoxy) is 1.